The van der Waals surface area contributed by atoms with Gasteiger partial charge in [-0.25, -0.2) is 4.79 Å². The summed E-state index contributed by atoms with van der Waals surface area (Å²) in [6.45, 7) is 0. The molecule has 0 radical (unpaired) electrons. The third kappa shape index (κ3) is 7.21. The van der Waals surface area contributed by atoms with Crippen LogP contribution in [0.3, 0.4) is 0 Å². The highest BCUT2D eigenvalue weighted by molar-refractivity contribution is 7.83. The number of carbonyl (C=O) groups is 1. The fourth-order valence-corrected chi connectivity index (χ4v) is 0.581. The van der Waals surface area contributed by atoms with Crippen LogP contribution >= 0.6 is 0 Å². The number of carboxylic acids is 1. The molecular formula is C9H12O3S. The molecule has 4 heteroatoms. The molecule has 1 rings (SSSR count). The lowest BCUT2D eigenvalue weighted by molar-refractivity contribution is 0.0697. The number of benzene rings is 1. The third-order valence-electron chi connectivity index (χ3n) is 1.02. The first-order chi connectivity index (χ1) is 6.04. The molecule has 3 nitrogen and oxygen atoms in total. The second kappa shape index (κ2) is 6.37. The standard InChI is InChI=1S/C7H6O2.C2H6OS/c8-7(9)6-4-2-1-3-5-6;1-4(2)3/h1-5H,(H,8,9);1-2H3. The zero-order valence-electron chi connectivity index (χ0n) is 7.56. The summed E-state index contributed by atoms with van der Waals surface area (Å²) in [5, 5.41) is 8.38. The molecule has 0 saturated carbocycles. The summed E-state index contributed by atoms with van der Waals surface area (Å²) in [5.74, 6) is -0.879. The molecule has 0 aliphatic rings. The molecule has 0 aliphatic heterocycles. The maximum atomic E-state index is 10.2. The molecule has 1 N–H and O–H groups in total. The van der Waals surface area contributed by atoms with Crippen molar-refractivity contribution >= 4 is 16.8 Å². The number of aromatic carboxylic acids is 1. The first kappa shape index (κ1) is 11.8. The van der Waals surface area contributed by atoms with Crippen LogP contribution < -0.4 is 0 Å². The molecule has 72 valence electrons. The van der Waals surface area contributed by atoms with Crippen LogP contribution in [0, 0.1) is 0 Å². The van der Waals surface area contributed by atoms with Crippen molar-refractivity contribution in [2.24, 2.45) is 0 Å². The maximum absolute atomic E-state index is 10.2. The van der Waals surface area contributed by atoms with Gasteiger partial charge in [-0.1, -0.05) is 18.2 Å². The molecule has 1 aromatic rings. The van der Waals surface area contributed by atoms with Crippen molar-refractivity contribution in [3.8, 4) is 0 Å². The Hall–Kier alpha value is -1.16. The highest BCUT2D eigenvalue weighted by Crippen LogP contribution is 1.96. The van der Waals surface area contributed by atoms with Crippen molar-refractivity contribution in [2.75, 3.05) is 12.5 Å². The number of hydrogen-bond donors (Lipinski definition) is 1. The van der Waals surface area contributed by atoms with Crippen LogP contribution in [0.25, 0.3) is 0 Å². The number of carboxylic acid groups (broad SMARTS) is 1. The molecule has 0 aliphatic carbocycles. The van der Waals surface area contributed by atoms with E-state index < -0.39 is 16.8 Å². The second-order valence-corrected chi connectivity index (χ2v) is 3.90. The normalized spacial score (nSPS) is 8.85. The third-order valence-corrected chi connectivity index (χ3v) is 1.02. The molecule has 1 aromatic carbocycles. The summed E-state index contributed by atoms with van der Waals surface area (Å²) < 4.78 is 9.56. The zero-order chi connectivity index (χ0) is 10.3. The number of hydrogen-bond acceptors (Lipinski definition) is 2. The summed E-state index contributed by atoms with van der Waals surface area (Å²) >= 11 is 0. The van der Waals surface area contributed by atoms with Crippen molar-refractivity contribution in [2.45, 2.75) is 0 Å². The van der Waals surface area contributed by atoms with Gasteiger partial charge in [-0.2, -0.15) is 0 Å². The molecule has 0 heterocycles. The molecule has 0 bridgehead atoms. The smallest absolute Gasteiger partial charge is 0.335 e. The first-order valence-corrected chi connectivity index (χ1v) is 5.54. The van der Waals surface area contributed by atoms with Crippen LogP contribution in [0.15, 0.2) is 30.3 Å². The Bertz CT molecular complexity index is 278. The fourth-order valence-electron chi connectivity index (χ4n) is 0.581. The van der Waals surface area contributed by atoms with E-state index in [4.69, 9.17) is 5.11 Å². The minimum absolute atomic E-state index is 0.331. The molecule has 0 atom stereocenters. The van der Waals surface area contributed by atoms with Gasteiger partial charge < -0.3 is 5.11 Å². The van der Waals surface area contributed by atoms with E-state index in [0.29, 0.717) is 5.56 Å². The topological polar surface area (TPSA) is 54.4 Å². The van der Waals surface area contributed by atoms with Crippen LogP contribution in [0.2, 0.25) is 0 Å². The van der Waals surface area contributed by atoms with E-state index in [9.17, 15) is 9.00 Å². The number of rotatable bonds is 1. The van der Waals surface area contributed by atoms with E-state index in [0.717, 1.165) is 0 Å². The average Bonchev–Trinajstić information content (AvgIpc) is 2.05. The van der Waals surface area contributed by atoms with Gasteiger partial charge in [0.1, 0.15) is 0 Å². The Morgan fingerprint density at radius 1 is 1.23 bits per heavy atom. The predicted molar refractivity (Wildman–Crippen MR) is 53.4 cm³/mol. The van der Waals surface area contributed by atoms with E-state index >= 15 is 0 Å². The molecule has 0 aromatic heterocycles. The largest absolute Gasteiger partial charge is 0.478 e. The molecule has 13 heavy (non-hydrogen) atoms. The Morgan fingerprint density at radius 2 is 1.62 bits per heavy atom. The van der Waals surface area contributed by atoms with Gasteiger partial charge in [0.05, 0.1) is 5.56 Å². The lowest BCUT2D eigenvalue weighted by Crippen LogP contribution is -1.93. The molecule has 0 saturated heterocycles. The van der Waals surface area contributed by atoms with Gasteiger partial charge in [-0.3, -0.25) is 4.21 Å². The maximum Gasteiger partial charge on any atom is 0.335 e. The summed E-state index contributed by atoms with van der Waals surface area (Å²) in [6.07, 6.45) is 3.28. The van der Waals surface area contributed by atoms with Crippen LogP contribution in [0.4, 0.5) is 0 Å². The first-order valence-electron chi connectivity index (χ1n) is 3.57. The minimum atomic E-state index is -0.879. The lowest BCUT2D eigenvalue weighted by Gasteiger charge is -1.88. The quantitative estimate of drug-likeness (QED) is 0.745. The van der Waals surface area contributed by atoms with Crippen molar-refractivity contribution in [1.82, 2.24) is 0 Å². The van der Waals surface area contributed by atoms with E-state index in [1.54, 1.807) is 42.8 Å². The Kier molecular flexibility index (Phi) is 5.80. The molecular weight excluding hydrogens is 188 g/mol. The second-order valence-electron chi connectivity index (χ2n) is 2.41. The Labute approximate surface area is 79.9 Å². The Morgan fingerprint density at radius 3 is 1.85 bits per heavy atom. The van der Waals surface area contributed by atoms with Crippen molar-refractivity contribution in [1.29, 1.82) is 0 Å². The van der Waals surface area contributed by atoms with Gasteiger partial charge in [0.2, 0.25) is 0 Å². The van der Waals surface area contributed by atoms with Gasteiger partial charge >= 0.3 is 5.97 Å². The van der Waals surface area contributed by atoms with Crippen LogP contribution in [0.1, 0.15) is 10.4 Å². The minimum Gasteiger partial charge on any atom is -0.478 e. The fraction of sp³-hybridized carbons (Fsp3) is 0.222. The zero-order valence-corrected chi connectivity index (χ0v) is 8.38. The van der Waals surface area contributed by atoms with Crippen molar-refractivity contribution in [3.63, 3.8) is 0 Å². The summed E-state index contributed by atoms with van der Waals surface area (Å²) in [4.78, 5) is 10.2. The van der Waals surface area contributed by atoms with Gasteiger partial charge in [-0.15, -0.1) is 0 Å². The van der Waals surface area contributed by atoms with E-state index in [1.165, 1.54) is 0 Å². The van der Waals surface area contributed by atoms with Crippen LogP contribution in [0.5, 0.6) is 0 Å². The lowest BCUT2D eigenvalue weighted by atomic mass is 10.2. The summed E-state index contributed by atoms with van der Waals surface area (Å²) in [5.41, 5.74) is 0.331. The molecule has 0 fully saturated rings. The van der Waals surface area contributed by atoms with Gasteiger partial charge in [-0.05, 0) is 12.1 Å². The summed E-state index contributed by atoms with van der Waals surface area (Å²) in [6, 6.07) is 8.30. The summed E-state index contributed by atoms with van der Waals surface area (Å²) in [7, 11) is -0.611. The molecule has 0 amide bonds. The SMILES string of the molecule is CS(C)=O.O=C(O)c1ccccc1. The highest BCUT2D eigenvalue weighted by atomic mass is 32.2. The molecule has 0 unspecified atom stereocenters. The average molecular weight is 200 g/mol. The predicted octanol–water partition coefficient (Wildman–Crippen LogP) is 1.38. The van der Waals surface area contributed by atoms with Gasteiger partial charge in [0.15, 0.2) is 0 Å². The monoisotopic (exact) mass is 200 g/mol. The van der Waals surface area contributed by atoms with Crippen molar-refractivity contribution in [3.05, 3.63) is 35.9 Å². The van der Waals surface area contributed by atoms with Crippen molar-refractivity contribution < 1.29 is 14.1 Å². The van der Waals surface area contributed by atoms with Gasteiger partial charge in [0.25, 0.3) is 0 Å². The van der Waals surface area contributed by atoms with Gasteiger partial charge in [0, 0.05) is 23.3 Å². The highest BCUT2D eigenvalue weighted by Gasteiger charge is 1.96. The van der Waals surface area contributed by atoms with E-state index in [2.05, 4.69) is 0 Å². The Balaban J connectivity index is 0.000000310. The van der Waals surface area contributed by atoms with Crippen LogP contribution in [-0.4, -0.2) is 27.8 Å². The van der Waals surface area contributed by atoms with Crippen LogP contribution in [-0.2, 0) is 10.8 Å². The van der Waals surface area contributed by atoms with E-state index in [-0.39, 0.29) is 0 Å². The molecule has 0 spiro atoms. The van der Waals surface area contributed by atoms with E-state index in [1.807, 2.05) is 0 Å².